The topological polar surface area (TPSA) is 112 Å². The number of carbonyl (C=O) groups excluding carboxylic acids is 1. The monoisotopic (exact) mass is 371 g/mol. The molecule has 0 bridgehead atoms. The van der Waals surface area contributed by atoms with Crippen molar-refractivity contribution in [2.75, 3.05) is 13.1 Å². The molecule has 1 saturated heterocycles. The summed E-state index contributed by atoms with van der Waals surface area (Å²) >= 11 is 0. The zero-order valence-electron chi connectivity index (χ0n) is 16.0. The zero-order valence-corrected chi connectivity index (χ0v) is 16.0. The van der Waals surface area contributed by atoms with Crippen molar-refractivity contribution in [2.45, 2.75) is 52.4 Å². The number of hydrogen-bond donors (Lipinski definition) is 2. The summed E-state index contributed by atoms with van der Waals surface area (Å²) in [5, 5.41) is 0. The molecule has 2 aromatic rings. The molecule has 0 unspecified atom stereocenters. The van der Waals surface area contributed by atoms with Crippen molar-refractivity contribution < 1.29 is 4.79 Å². The third kappa shape index (κ3) is 4.32. The van der Waals surface area contributed by atoms with Gasteiger partial charge in [0.1, 0.15) is 11.6 Å². The molecule has 0 spiro atoms. The van der Waals surface area contributed by atoms with E-state index in [1.165, 1.54) is 0 Å². The average Bonchev–Trinajstić information content (AvgIpc) is 2.63. The largest absolute Gasteiger partial charge is 0.342 e. The summed E-state index contributed by atoms with van der Waals surface area (Å²) in [5.74, 6) is 1.35. The van der Waals surface area contributed by atoms with Crippen molar-refractivity contribution in [3.8, 4) is 0 Å². The second-order valence-electron chi connectivity index (χ2n) is 7.02. The number of aromatic nitrogens is 4. The highest BCUT2D eigenvalue weighted by Gasteiger charge is 2.26. The maximum Gasteiger partial charge on any atom is 0.254 e. The summed E-state index contributed by atoms with van der Waals surface area (Å²) in [6.07, 6.45) is 2.22. The summed E-state index contributed by atoms with van der Waals surface area (Å²) in [6, 6.07) is 1.54. The van der Waals surface area contributed by atoms with E-state index < -0.39 is 0 Å². The standard InChI is InChI=1S/C19H25N5O3/c1-4-16-20-11(2)14(19(27)23-16)9-18(26)24-7-5-13(6-8-24)15-10-17(25)22-12(3)21-15/h10,13H,4-9H2,1-3H3,(H,20,23,27)(H,21,22,25). The summed E-state index contributed by atoms with van der Waals surface area (Å²) in [4.78, 5) is 52.5. The van der Waals surface area contributed by atoms with Crippen LogP contribution in [0.3, 0.4) is 0 Å². The zero-order chi connectivity index (χ0) is 19.6. The lowest BCUT2D eigenvalue weighted by atomic mass is 9.93. The first-order valence-corrected chi connectivity index (χ1v) is 9.31. The van der Waals surface area contributed by atoms with E-state index in [4.69, 9.17) is 0 Å². The number of piperidine rings is 1. The number of H-pyrrole nitrogens is 2. The molecule has 1 aliphatic rings. The Morgan fingerprint density at radius 2 is 1.89 bits per heavy atom. The Morgan fingerprint density at radius 3 is 2.48 bits per heavy atom. The fraction of sp³-hybridized carbons (Fsp3) is 0.526. The van der Waals surface area contributed by atoms with Gasteiger partial charge in [0, 0.05) is 42.8 Å². The predicted octanol–water partition coefficient (Wildman–Crippen LogP) is 0.981. The van der Waals surface area contributed by atoms with Crippen LogP contribution >= 0.6 is 0 Å². The third-order valence-electron chi connectivity index (χ3n) is 5.08. The van der Waals surface area contributed by atoms with Gasteiger partial charge in [-0.15, -0.1) is 0 Å². The SMILES string of the molecule is CCc1nc(C)c(CC(=O)N2CCC(c3cc(=O)[nH]c(C)n3)CC2)c(=O)[nH]1. The molecule has 1 fully saturated rings. The van der Waals surface area contributed by atoms with Gasteiger partial charge in [-0.2, -0.15) is 0 Å². The van der Waals surface area contributed by atoms with Crippen LogP contribution in [0, 0.1) is 13.8 Å². The number of carbonyl (C=O) groups is 1. The predicted molar refractivity (Wildman–Crippen MR) is 101 cm³/mol. The molecule has 27 heavy (non-hydrogen) atoms. The number of aromatic amines is 2. The van der Waals surface area contributed by atoms with E-state index in [2.05, 4.69) is 19.9 Å². The minimum absolute atomic E-state index is 0.0607. The molecular weight excluding hydrogens is 346 g/mol. The Kier molecular flexibility index (Phi) is 5.53. The summed E-state index contributed by atoms with van der Waals surface area (Å²) in [6.45, 7) is 6.64. The Bertz CT molecular complexity index is 955. The number of nitrogens with one attached hydrogen (secondary N) is 2. The van der Waals surface area contributed by atoms with Crippen molar-refractivity contribution in [1.29, 1.82) is 0 Å². The number of aryl methyl sites for hydroxylation is 3. The quantitative estimate of drug-likeness (QED) is 0.832. The molecule has 3 heterocycles. The molecular formula is C19H25N5O3. The fourth-order valence-corrected chi connectivity index (χ4v) is 3.54. The Hall–Kier alpha value is -2.77. The molecule has 0 atom stereocenters. The Balaban J connectivity index is 1.65. The van der Waals surface area contributed by atoms with E-state index in [-0.39, 0.29) is 29.4 Å². The number of rotatable bonds is 4. The highest BCUT2D eigenvalue weighted by Crippen LogP contribution is 2.26. The lowest BCUT2D eigenvalue weighted by Crippen LogP contribution is -2.40. The van der Waals surface area contributed by atoms with Gasteiger partial charge in [0.15, 0.2) is 0 Å². The average molecular weight is 371 g/mol. The smallest absolute Gasteiger partial charge is 0.254 e. The summed E-state index contributed by atoms with van der Waals surface area (Å²) in [7, 11) is 0. The second-order valence-corrected chi connectivity index (χ2v) is 7.02. The van der Waals surface area contributed by atoms with Crippen LogP contribution in [-0.2, 0) is 17.6 Å². The highest BCUT2D eigenvalue weighted by molar-refractivity contribution is 5.79. The Labute approximate surface area is 157 Å². The lowest BCUT2D eigenvalue weighted by Gasteiger charge is -2.31. The molecule has 1 aliphatic heterocycles. The summed E-state index contributed by atoms with van der Waals surface area (Å²) in [5.41, 5.74) is 1.46. The molecule has 0 aliphatic carbocycles. The molecule has 8 nitrogen and oxygen atoms in total. The van der Waals surface area contributed by atoms with Gasteiger partial charge in [0.25, 0.3) is 11.1 Å². The lowest BCUT2D eigenvalue weighted by molar-refractivity contribution is -0.131. The van der Waals surface area contributed by atoms with Crippen LogP contribution in [-0.4, -0.2) is 43.8 Å². The first kappa shape index (κ1) is 19.0. The number of amides is 1. The molecule has 8 heteroatoms. The number of likely N-dealkylation sites (tertiary alicyclic amines) is 1. The second kappa shape index (κ2) is 7.85. The van der Waals surface area contributed by atoms with Crippen molar-refractivity contribution in [2.24, 2.45) is 0 Å². The molecule has 0 saturated carbocycles. The van der Waals surface area contributed by atoms with E-state index in [1.54, 1.807) is 24.8 Å². The van der Waals surface area contributed by atoms with Gasteiger partial charge < -0.3 is 14.9 Å². The molecule has 0 aromatic carbocycles. The minimum atomic E-state index is -0.231. The van der Waals surface area contributed by atoms with E-state index in [1.807, 2.05) is 6.92 Å². The first-order valence-electron chi connectivity index (χ1n) is 9.31. The van der Waals surface area contributed by atoms with E-state index >= 15 is 0 Å². The van der Waals surface area contributed by atoms with Gasteiger partial charge in [0.2, 0.25) is 5.91 Å². The van der Waals surface area contributed by atoms with E-state index in [0.29, 0.717) is 42.4 Å². The van der Waals surface area contributed by atoms with E-state index in [0.717, 1.165) is 18.5 Å². The van der Waals surface area contributed by atoms with Crippen LogP contribution in [0.25, 0.3) is 0 Å². The van der Waals surface area contributed by atoms with Gasteiger partial charge >= 0.3 is 0 Å². The molecule has 2 N–H and O–H groups in total. The first-order chi connectivity index (χ1) is 12.9. The molecule has 144 valence electrons. The van der Waals surface area contributed by atoms with Crippen molar-refractivity contribution in [3.63, 3.8) is 0 Å². The molecule has 2 aromatic heterocycles. The van der Waals surface area contributed by atoms with Crippen LogP contribution in [0.5, 0.6) is 0 Å². The van der Waals surface area contributed by atoms with E-state index in [9.17, 15) is 14.4 Å². The van der Waals surface area contributed by atoms with Crippen molar-refractivity contribution >= 4 is 5.91 Å². The van der Waals surface area contributed by atoms with Crippen molar-refractivity contribution in [1.82, 2.24) is 24.8 Å². The van der Waals surface area contributed by atoms with Crippen LogP contribution in [0.1, 0.15) is 54.3 Å². The third-order valence-corrected chi connectivity index (χ3v) is 5.08. The van der Waals surface area contributed by atoms with Crippen LogP contribution in [0.15, 0.2) is 15.7 Å². The number of nitrogens with zero attached hydrogens (tertiary/aromatic N) is 3. The van der Waals surface area contributed by atoms with Crippen molar-refractivity contribution in [3.05, 3.63) is 55.4 Å². The maximum atomic E-state index is 12.7. The Morgan fingerprint density at radius 1 is 1.19 bits per heavy atom. The molecule has 3 rings (SSSR count). The molecule has 1 amide bonds. The normalized spacial score (nSPS) is 15.1. The number of hydrogen-bond acceptors (Lipinski definition) is 5. The highest BCUT2D eigenvalue weighted by atomic mass is 16.2. The van der Waals surface area contributed by atoms with Crippen LogP contribution < -0.4 is 11.1 Å². The molecule has 0 radical (unpaired) electrons. The van der Waals surface area contributed by atoms with Crippen LogP contribution in [0.2, 0.25) is 0 Å². The maximum absolute atomic E-state index is 12.7. The van der Waals surface area contributed by atoms with Gasteiger partial charge in [-0.25, -0.2) is 9.97 Å². The van der Waals surface area contributed by atoms with Gasteiger partial charge in [-0.1, -0.05) is 6.92 Å². The van der Waals surface area contributed by atoms with Crippen LogP contribution in [0.4, 0.5) is 0 Å². The minimum Gasteiger partial charge on any atom is -0.342 e. The van der Waals surface area contributed by atoms with Gasteiger partial charge in [-0.05, 0) is 26.7 Å². The summed E-state index contributed by atoms with van der Waals surface area (Å²) < 4.78 is 0. The van der Waals surface area contributed by atoms with Gasteiger partial charge in [-0.3, -0.25) is 14.4 Å². The fourth-order valence-electron chi connectivity index (χ4n) is 3.54. The van der Waals surface area contributed by atoms with Gasteiger partial charge in [0.05, 0.1) is 12.1 Å².